The maximum atomic E-state index is 12.1. The first kappa shape index (κ1) is 12.5. The van der Waals surface area contributed by atoms with Crippen molar-refractivity contribution in [1.82, 2.24) is 4.90 Å². The first-order valence-electron chi connectivity index (χ1n) is 7.28. The molecule has 2 fully saturated rings. The Balaban J connectivity index is 1.42. The van der Waals surface area contributed by atoms with E-state index in [0.717, 1.165) is 30.7 Å². The first-order chi connectivity index (χ1) is 9.33. The molecular formula is C16H21NO2. The molecule has 0 radical (unpaired) electrons. The van der Waals surface area contributed by atoms with Crippen LogP contribution in [0.3, 0.4) is 0 Å². The van der Waals surface area contributed by atoms with Gasteiger partial charge in [-0.2, -0.15) is 0 Å². The number of ether oxygens (including phenoxy) is 1. The lowest BCUT2D eigenvalue weighted by Gasteiger charge is -2.17. The molecule has 1 aromatic rings. The Labute approximate surface area is 114 Å². The molecule has 1 saturated heterocycles. The fraction of sp³-hybridized carbons (Fsp3) is 0.562. The molecule has 102 valence electrons. The highest BCUT2D eigenvalue weighted by Crippen LogP contribution is 2.37. The minimum Gasteiger partial charge on any atom is -0.493 e. The Hall–Kier alpha value is -1.51. The lowest BCUT2D eigenvalue weighted by Crippen LogP contribution is -2.30. The van der Waals surface area contributed by atoms with Gasteiger partial charge < -0.3 is 9.64 Å². The molecule has 1 aliphatic heterocycles. The molecule has 19 heavy (non-hydrogen) atoms. The average Bonchev–Trinajstić information content (AvgIpc) is 3.00. The van der Waals surface area contributed by atoms with E-state index in [1.54, 1.807) is 0 Å². The Bertz CT molecular complexity index is 420. The standard InChI is InChI=1S/C16H21NO2/c18-16(9-10-19-15-7-2-1-3-8-15)17-11-13-5-4-6-14(13)12-17/h1-3,7-8,13-14H,4-6,9-12H2. The zero-order chi connectivity index (χ0) is 13.1. The zero-order valence-electron chi connectivity index (χ0n) is 11.3. The number of para-hydroxylation sites is 1. The van der Waals surface area contributed by atoms with Crippen LogP contribution < -0.4 is 4.74 Å². The van der Waals surface area contributed by atoms with Crippen molar-refractivity contribution in [2.24, 2.45) is 11.8 Å². The van der Waals surface area contributed by atoms with Crippen molar-refractivity contribution in [2.75, 3.05) is 19.7 Å². The van der Waals surface area contributed by atoms with Gasteiger partial charge in [-0.05, 0) is 36.8 Å². The molecule has 1 heterocycles. The van der Waals surface area contributed by atoms with Crippen molar-refractivity contribution < 1.29 is 9.53 Å². The molecular weight excluding hydrogens is 238 g/mol. The van der Waals surface area contributed by atoms with Crippen LogP contribution in [0, 0.1) is 11.8 Å². The van der Waals surface area contributed by atoms with Crippen LogP contribution >= 0.6 is 0 Å². The smallest absolute Gasteiger partial charge is 0.226 e. The summed E-state index contributed by atoms with van der Waals surface area (Å²) in [5, 5.41) is 0. The van der Waals surface area contributed by atoms with Crippen LogP contribution in [0.2, 0.25) is 0 Å². The number of benzene rings is 1. The van der Waals surface area contributed by atoms with E-state index < -0.39 is 0 Å². The first-order valence-corrected chi connectivity index (χ1v) is 7.28. The highest BCUT2D eigenvalue weighted by atomic mass is 16.5. The summed E-state index contributed by atoms with van der Waals surface area (Å²) in [5.74, 6) is 2.65. The minimum atomic E-state index is 0.255. The quantitative estimate of drug-likeness (QED) is 0.832. The molecule has 1 aromatic carbocycles. The lowest BCUT2D eigenvalue weighted by molar-refractivity contribution is -0.131. The Morgan fingerprint density at radius 1 is 1.16 bits per heavy atom. The SMILES string of the molecule is O=C(CCOc1ccccc1)N1CC2CCCC2C1. The summed E-state index contributed by atoms with van der Waals surface area (Å²) in [6.45, 7) is 2.44. The van der Waals surface area contributed by atoms with Gasteiger partial charge in [0.05, 0.1) is 13.0 Å². The zero-order valence-corrected chi connectivity index (χ0v) is 11.3. The topological polar surface area (TPSA) is 29.5 Å². The normalized spacial score (nSPS) is 25.4. The van der Waals surface area contributed by atoms with Crippen LogP contribution in [0.5, 0.6) is 5.75 Å². The predicted molar refractivity (Wildman–Crippen MR) is 74.0 cm³/mol. The van der Waals surface area contributed by atoms with E-state index in [1.807, 2.05) is 35.2 Å². The van der Waals surface area contributed by atoms with Gasteiger partial charge in [0.1, 0.15) is 5.75 Å². The number of amides is 1. The number of rotatable bonds is 4. The average molecular weight is 259 g/mol. The number of likely N-dealkylation sites (tertiary alicyclic amines) is 1. The maximum Gasteiger partial charge on any atom is 0.226 e. The third kappa shape index (κ3) is 2.91. The van der Waals surface area contributed by atoms with E-state index in [0.29, 0.717) is 13.0 Å². The fourth-order valence-electron chi connectivity index (χ4n) is 3.37. The highest BCUT2D eigenvalue weighted by molar-refractivity contribution is 5.76. The maximum absolute atomic E-state index is 12.1. The van der Waals surface area contributed by atoms with Gasteiger partial charge in [-0.15, -0.1) is 0 Å². The molecule has 3 rings (SSSR count). The van der Waals surface area contributed by atoms with Crippen LogP contribution in [0.4, 0.5) is 0 Å². The summed E-state index contributed by atoms with van der Waals surface area (Å²) in [5.41, 5.74) is 0. The molecule has 0 spiro atoms. The van der Waals surface area contributed by atoms with Crippen molar-refractivity contribution in [3.63, 3.8) is 0 Å². The van der Waals surface area contributed by atoms with Gasteiger partial charge in [-0.3, -0.25) is 4.79 Å². The van der Waals surface area contributed by atoms with Gasteiger partial charge in [-0.25, -0.2) is 0 Å². The Morgan fingerprint density at radius 3 is 2.53 bits per heavy atom. The number of fused-ring (bicyclic) bond motifs is 1. The molecule has 0 aromatic heterocycles. The molecule has 0 N–H and O–H groups in total. The van der Waals surface area contributed by atoms with Crippen molar-refractivity contribution in [3.05, 3.63) is 30.3 Å². The van der Waals surface area contributed by atoms with E-state index in [2.05, 4.69) is 0 Å². The van der Waals surface area contributed by atoms with Crippen molar-refractivity contribution in [2.45, 2.75) is 25.7 Å². The van der Waals surface area contributed by atoms with Crippen LogP contribution in [0.15, 0.2) is 30.3 Å². The lowest BCUT2D eigenvalue weighted by atomic mass is 10.0. The Morgan fingerprint density at radius 2 is 1.84 bits per heavy atom. The van der Waals surface area contributed by atoms with E-state index in [-0.39, 0.29) is 5.91 Å². The summed E-state index contributed by atoms with van der Waals surface area (Å²) in [6, 6.07) is 9.69. The monoisotopic (exact) mass is 259 g/mol. The second-order valence-corrected chi connectivity index (χ2v) is 5.66. The number of nitrogens with zero attached hydrogens (tertiary/aromatic N) is 1. The predicted octanol–water partition coefficient (Wildman–Crippen LogP) is 2.71. The van der Waals surface area contributed by atoms with E-state index in [9.17, 15) is 4.79 Å². The molecule has 1 saturated carbocycles. The van der Waals surface area contributed by atoms with Gasteiger partial charge in [0.15, 0.2) is 0 Å². The number of carbonyl (C=O) groups excluding carboxylic acids is 1. The third-order valence-electron chi connectivity index (χ3n) is 4.41. The fourth-order valence-corrected chi connectivity index (χ4v) is 3.37. The summed E-state index contributed by atoms with van der Waals surface area (Å²) in [4.78, 5) is 14.2. The summed E-state index contributed by atoms with van der Waals surface area (Å²) in [7, 11) is 0. The summed E-state index contributed by atoms with van der Waals surface area (Å²) >= 11 is 0. The van der Waals surface area contributed by atoms with E-state index in [4.69, 9.17) is 4.74 Å². The number of hydrogen-bond acceptors (Lipinski definition) is 2. The second-order valence-electron chi connectivity index (χ2n) is 5.66. The number of hydrogen-bond donors (Lipinski definition) is 0. The van der Waals surface area contributed by atoms with Gasteiger partial charge in [-0.1, -0.05) is 24.6 Å². The minimum absolute atomic E-state index is 0.255. The van der Waals surface area contributed by atoms with Gasteiger partial charge in [0, 0.05) is 13.1 Å². The van der Waals surface area contributed by atoms with Crippen LogP contribution in [0.25, 0.3) is 0 Å². The van der Waals surface area contributed by atoms with Crippen molar-refractivity contribution >= 4 is 5.91 Å². The molecule has 0 bridgehead atoms. The van der Waals surface area contributed by atoms with Crippen LogP contribution in [-0.4, -0.2) is 30.5 Å². The van der Waals surface area contributed by atoms with E-state index >= 15 is 0 Å². The van der Waals surface area contributed by atoms with Gasteiger partial charge >= 0.3 is 0 Å². The largest absolute Gasteiger partial charge is 0.493 e. The molecule has 2 atom stereocenters. The highest BCUT2D eigenvalue weighted by Gasteiger charge is 2.37. The molecule has 1 aliphatic carbocycles. The second kappa shape index (κ2) is 5.64. The molecule has 3 heteroatoms. The van der Waals surface area contributed by atoms with Gasteiger partial charge in [0.25, 0.3) is 0 Å². The molecule has 2 aliphatic rings. The number of carbonyl (C=O) groups is 1. The molecule has 3 nitrogen and oxygen atoms in total. The summed E-state index contributed by atoms with van der Waals surface area (Å²) in [6.07, 6.45) is 4.48. The van der Waals surface area contributed by atoms with Crippen LogP contribution in [0.1, 0.15) is 25.7 Å². The Kier molecular flexibility index (Phi) is 3.72. The summed E-state index contributed by atoms with van der Waals surface area (Å²) < 4.78 is 5.58. The van der Waals surface area contributed by atoms with Crippen LogP contribution in [-0.2, 0) is 4.79 Å². The van der Waals surface area contributed by atoms with Gasteiger partial charge in [0.2, 0.25) is 5.91 Å². The molecule has 2 unspecified atom stereocenters. The molecule has 1 amide bonds. The van der Waals surface area contributed by atoms with Crippen molar-refractivity contribution in [1.29, 1.82) is 0 Å². The third-order valence-corrected chi connectivity index (χ3v) is 4.41. The van der Waals surface area contributed by atoms with Crippen molar-refractivity contribution in [3.8, 4) is 5.75 Å². The van der Waals surface area contributed by atoms with E-state index in [1.165, 1.54) is 19.3 Å².